The van der Waals surface area contributed by atoms with E-state index in [1.165, 1.54) is 0 Å². The second-order valence-corrected chi connectivity index (χ2v) is 0.692. The van der Waals surface area contributed by atoms with Crippen molar-refractivity contribution < 1.29 is 58.1 Å². The van der Waals surface area contributed by atoms with Crippen molar-refractivity contribution in [3.8, 4) is 0 Å². The summed E-state index contributed by atoms with van der Waals surface area (Å²) in [6.07, 6.45) is 0. The van der Waals surface area contributed by atoms with Crippen LogP contribution in [0.1, 0.15) is 0 Å². The number of hydrogen-bond acceptors (Lipinski definition) is 1. The molecule has 0 heterocycles. The second-order valence-electron chi connectivity index (χ2n) is 0.231. The first-order valence-electron chi connectivity index (χ1n) is 0.532. The first-order chi connectivity index (χ1) is 1.73. The van der Waals surface area contributed by atoms with Crippen LogP contribution in [0.3, 0.4) is 0 Å². The van der Waals surface area contributed by atoms with E-state index >= 15 is 0 Å². The van der Waals surface area contributed by atoms with Gasteiger partial charge in [-0.05, 0) is 0 Å². The molecule has 0 aromatic heterocycles. The Morgan fingerprint density at radius 3 is 1.17 bits per heavy atom. The van der Waals surface area contributed by atoms with Gasteiger partial charge in [-0.2, -0.15) is 4.21 Å². The van der Waals surface area contributed by atoms with E-state index in [2.05, 4.69) is 0 Å². The van der Waals surface area contributed by atoms with Gasteiger partial charge in [-0.1, -0.05) is 0 Å². The summed E-state index contributed by atoms with van der Waals surface area (Å²) in [5.74, 6) is 0. The minimum absolute atomic E-state index is 0. The summed E-state index contributed by atoms with van der Waals surface area (Å²) in [5.41, 5.74) is 0. The summed E-state index contributed by atoms with van der Waals surface area (Å²) in [4.78, 5) is 0. The minimum Gasteiger partial charge on any atom is -0.284 e. The molecule has 0 rings (SSSR count). The number of rotatable bonds is 0. The van der Waals surface area contributed by atoms with Crippen LogP contribution in [0.15, 0.2) is 0 Å². The van der Waals surface area contributed by atoms with Crippen LogP contribution in [-0.2, 0) is 56.1 Å². The van der Waals surface area contributed by atoms with Gasteiger partial charge in [0.1, 0.15) is 0 Å². The molecule has 0 bridgehead atoms. The molecule has 0 fully saturated rings. The van der Waals surface area contributed by atoms with E-state index in [0.717, 1.165) is 0 Å². The Kier molecular flexibility index (Phi) is 25.4. The zero-order chi connectivity index (χ0) is 3.58. The minimum atomic E-state index is -2.61. The molecule has 0 aliphatic heterocycles. The van der Waals surface area contributed by atoms with Gasteiger partial charge in [0.05, 0.1) is 0 Å². The fourth-order valence-electron chi connectivity index (χ4n) is 0. The first kappa shape index (κ1) is 15.6. The standard InChI is InChI=1S/2Au.H2O3S/c;;1-4(2)3/h;;(H2,1,2,3). The normalized spacial score (nSPS) is 5.83. The monoisotopic (exact) mass is 476 g/mol. The molecule has 0 saturated heterocycles. The molecular weight excluding hydrogens is 474 g/mol. The van der Waals surface area contributed by atoms with Crippen molar-refractivity contribution in [1.29, 1.82) is 0 Å². The van der Waals surface area contributed by atoms with Crippen LogP contribution in [0.25, 0.3) is 0 Å². The molecule has 0 saturated carbocycles. The Morgan fingerprint density at radius 2 is 1.17 bits per heavy atom. The summed E-state index contributed by atoms with van der Waals surface area (Å²) in [6.45, 7) is 0. The van der Waals surface area contributed by atoms with Gasteiger partial charge >= 0.3 is 0 Å². The van der Waals surface area contributed by atoms with Crippen LogP contribution in [0, 0.1) is 0 Å². The van der Waals surface area contributed by atoms with Crippen LogP contribution in [0.4, 0.5) is 0 Å². The molecule has 0 unspecified atom stereocenters. The van der Waals surface area contributed by atoms with Crippen LogP contribution in [-0.4, -0.2) is 13.3 Å². The second kappa shape index (κ2) is 9.75. The third-order valence-electron chi connectivity index (χ3n) is 0. The van der Waals surface area contributed by atoms with Gasteiger partial charge < -0.3 is 0 Å². The Bertz CT molecular complexity index is 31.8. The fraction of sp³-hybridized carbons (Fsp3) is 0. The van der Waals surface area contributed by atoms with Gasteiger partial charge in [0.25, 0.3) is 11.4 Å². The molecule has 2 N–H and O–H groups in total. The molecule has 2 radical (unpaired) electrons. The molecule has 0 aliphatic carbocycles. The topological polar surface area (TPSA) is 57.5 Å². The van der Waals surface area contributed by atoms with Crippen LogP contribution in [0.5, 0.6) is 0 Å². The molecule has 6 heavy (non-hydrogen) atoms. The molecule has 0 amide bonds. The molecule has 48 valence electrons. The van der Waals surface area contributed by atoms with E-state index in [-0.39, 0.29) is 44.8 Å². The molecule has 0 aliphatic rings. The van der Waals surface area contributed by atoms with Gasteiger partial charge in [-0.25, -0.2) is 0 Å². The van der Waals surface area contributed by atoms with E-state index in [4.69, 9.17) is 13.3 Å². The van der Waals surface area contributed by atoms with E-state index in [9.17, 15) is 0 Å². The Morgan fingerprint density at radius 1 is 1.17 bits per heavy atom. The maximum atomic E-state index is 8.67. The third-order valence-corrected chi connectivity index (χ3v) is 0. The first-order valence-corrected chi connectivity index (χ1v) is 1.60. The fourth-order valence-corrected chi connectivity index (χ4v) is 0. The average Bonchev–Trinajstić information content (AvgIpc) is 0.811. The molecular formula is H2Au2O3S. The molecule has 6 heteroatoms. The zero-order valence-electron chi connectivity index (χ0n) is 2.31. The summed E-state index contributed by atoms with van der Waals surface area (Å²) in [5, 5.41) is 0. The summed E-state index contributed by atoms with van der Waals surface area (Å²) >= 11 is -2.61. The Labute approximate surface area is 69.0 Å². The summed E-state index contributed by atoms with van der Waals surface area (Å²) < 4.78 is 22.8. The molecule has 3 nitrogen and oxygen atoms in total. The van der Waals surface area contributed by atoms with Gasteiger partial charge in [0.2, 0.25) is 0 Å². The van der Waals surface area contributed by atoms with Crippen molar-refractivity contribution in [3.63, 3.8) is 0 Å². The van der Waals surface area contributed by atoms with E-state index in [1.54, 1.807) is 0 Å². The van der Waals surface area contributed by atoms with Crippen molar-refractivity contribution in [2.45, 2.75) is 0 Å². The van der Waals surface area contributed by atoms with E-state index in [1.807, 2.05) is 0 Å². The van der Waals surface area contributed by atoms with Crippen molar-refractivity contribution in [2.75, 3.05) is 0 Å². The van der Waals surface area contributed by atoms with Gasteiger partial charge in [-0.15, -0.1) is 0 Å². The van der Waals surface area contributed by atoms with Crippen molar-refractivity contribution >= 4 is 11.4 Å². The predicted octanol–water partition coefficient (Wildman–Crippen LogP) is -0.324. The smallest absolute Gasteiger partial charge is 0.284 e. The average molecular weight is 476 g/mol. The summed E-state index contributed by atoms with van der Waals surface area (Å²) in [6, 6.07) is 0. The third kappa shape index (κ3) is 47.8. The quantitative estimate of drug-likeness (QED) is 0.373. The predicted molar refractivity (Wildman–Crippen MR) is 13.4 cm³/mol. The van der Waals surface area contributed by atoms with Gasteiger partial charge in [0.15, 0.2) is 0 Å². The molecule has 0 aromatic rings. The molecule has 0 atom stereocenters. The van der Waals surface area contributed by atoms with Crippen molar-refractivity contribution in [1.82, 2.24) is 0 Å². The number of hydrogen-bond donors (Lipinski definition) is 2. The van der Waals surface area contributed by atoms with Crippen molar-refractivity contribution in [2.24, 2.45) is 0 Å². The maximum absolute atomic E-state index is 8.67. The van der Waals surface area contributed by atoms with Crippen molar-refractivity contribution in [3.05, 3.63) is 0 Å². The van der Waals surface area contributed by atoms with Crippen LogP contribution in [0.2, 0.25) is 0 Å². The van der Waals surface area contributed by atoms with E-state index < -0.39 is 11.4 Å². The zero-order valence-corrected chi connectivity index (χ0v) is 7.46. The maximum Gasteiger partial charge on any atom is 0.299 e. The van der Waals surface area contributed by atoms with Gasteiger partial charge in [-0.3, -0.25) is 9.11 Å². The Hall–Kier alpha value is 1.55. The molecule has 0 spiro atoms. The van der Waals surface area contributed by atoms with Crippen LogP contribution >= 0.6 is 0 Å². The largest absolute Gasteiger partial charge is 0.299 e. The van der Waals surface area contributed by atoms with Crippen LogP contribution < -0.4 is 0 Å². The molecule has 0 aromatic carbocycles. The van der Waals surface area contributed by atoms with Gasteiger partial charge in [0, 0.05) is 44.8 Å². The Balaban J connectivity index is -0.0000000450. The summed E-state index contributed by atoms with van der Waals surface area (Å²) in [7, 11) is 0. The SMILES string of the molecule is O=S(O)O.[Au].[Au]. The van der Waals surface area contributed by atoms with E-state index in [0.29, 0.717) is 0 Å².